The van der Waals surface area contributed by atoms with Crippen LogP contribution in [0.25, 0.3) is 11.8 Å². The summed E-state index contributed by atoms with van der Waals surface area (Å²) in [6, 6.07) is 16.7. The van der Waals surface area contributed by atoms with Gasteiger partial charge in [0.1, 0.15) is 5.82 Å². The lowest BCUT2D eigenvalue weighted by Crippen LogP contribution is -2.21. The molecule has 0 bridgehead atoms. The molecular formula is C21H18N4O5. The van der Waals surface area contributed by atoms with E-state index in [9.17, 15) is 19.7 Å². The number of rotatable bonds is 7. The van der Waals surface area contributed by atoms with Gasteiger partial charge in [-0.15, -0.1) is 0 Å². The number of nitro benzene ring substituents is 1. The van der Waals surface area contributed by atoms with E-state index in [1.54, 1.807) is 17.7 Å². The molecule has 0 saturated heterocycles. The number of para-hydroxylation sites is 1. The van der Waals surface area contributed by atoms with Crippen LogP contribution in [0.3, 0.4) is 0 Å². The summed E-state index contributed by atoms with van der Waals surface area (Å²) in [5.74, 6) is -0.762. The van der Waals surface area contributed by atoms with Crippen LogP contribution < -0.4 is 5.32 Å². The van der Waals surface area contributed by atoms with Crippen molar-refractivity contribution in [3.63, 3.8) is 0 Å². The summed E-state index contributed by atoms with van der Waals surface area (Å²) in [6.45, 7) is 1.33. The average molecular weight is 406 g/mol. The van der Waals surface area contributed by atoms with Crippen LogP contribution in [0.5, 0.6) is 0 Å². The Hall–Kier alpha value is -4.27. The molecule has 0 unspecified atom stereocenters. The Morgan fingerprint density at radius 3 is 2.53 bits per heavy atom. The number of aromatic nitrogens is 2. The van der Waals surface area contributed by atoms with Crippen LogP contribution in [0.15, 0.2) is 66.7 Å². The van der Waals surface area contributed by atoms with Gasteiger partial charge in [0.05, 0.1) is 16.3 Å². The number of benzene rings is 2. The second-order valence-corrected chi connectivity index (χ2v) is 6.26. The molecule has 1 heterocycles. The largest absolute Gasteiger partial charge is 0.452 e. The number of nitrogens with zero attached hydrogens (tertiary/aromatic N) is 3. The Balaban J connectivity index is 1.55. The zero-order valence-corrected chi connectivity index (χ0v) is 16.0. The number of aryl methyl sites for hydroxylation is 1. The van der Waals surface area contributed by atoms with Crippen molar-refractivity contribution >= 4 is 29.5 Å². The summed E-state index contributed by atoms with van der Waals surface area (Å²) in [6.07, 6.45) is 2.59. The Labute approximate surface area is 171 Å². The molecule has 3 rings (SSSR count). The van der Waals surface area contributed by atoms with Crippen molar-refractivity contribution < 1.29 is 19.2 Å². The van der Waals surface area contributed by atoms with Gasteiger partial charge < -0.3 is 10.1 Å². The van der Waals surface area contributed by atoms with E-state index in [0.29, 0.717) is 11.4 Å². The minimum Gasteiger partial charge on any atom is -0.452 e. The molecular weight excluding hydrogens is 388 g/mol. The van der Waals surface area contributed by atoms with Crippen molar-refractivity contribution in [2.45, 2.75) is 6.92 Å². The summed E-state index contributed by atoms with van der Waals surface area (Å²) >= 11 is 0. The molecule has 0 fully saturated rings. The average Bonchev–Trinajstić information content (AvgIpc) is 3.11. The number of nitro groups is 1. The molecule has 3 aromatic rings. The number of hydrogen-bond acceptors (Lipinski definition) is 6. The molecule has 0 radical (unpaired) electrons. The van der Waals surface area contributed by atoms with E-state index in [-0.39, 0.29) is 5.69 Å². The first-order valence-electron chi connectivity index (χ1n) is 8.93. The molecule has 30 heavy (non-hydrogen) atoms. The number of ether oxygens (including phenoxy) is 1. The number of esters is 1. The third kappa shape index (κ3) is 5.38. The lowest BCUT2D eigenvalue weighted by molar-refractivity contribution is -0.384. The van der Waals surface area contributed by atoms with Crippen molar-refractivity contribution in [1.29, 1.82) is 0 Å². The van der Waals surface area contributed by atoms with Crippen molar-refractivity contribution in [2.24, 2.45) is 0 Å². The first-order valence-corrected chi connectivity index (χ1v) is 8.93. The molecule has 9 heteroatoms. The van der Waals surface area contributed by atoms with E-state index in [2.05, 4.69) is 10.4 Å². The third-order valence-electron chi connectivity index (χ3n) is 3.96. The predicted octanol–water partition coefficient (Wildman–Crippen LogP) is 3.28. The summed E-state index contributed by atoms with van der Waals surface area (Å²) in [4.78, 5) is 34.1. The highest BCUT2D eigenvalue weighted by molar-refractivity contribution is 5.94. The van der Waals surface area contributed by atoms with Gasteiger partial charge in [-0.25, -0.2) is 9.48 Å². The van der Waals surface area contributed by atoms with Crippen LogP contribution >= 0.6 is 0 Å². The van der Waals surface area contributed by atoms with Crippen molar-refractivity contribution in [3.05, 3.63) is 88.1 Å². The summed E-state index contributed by atoms with van der Waals surface area (Å²) < 4.78 is 6.52. The van der Waals surface area contributed by atoms with E-state index < -0.39 is 23.4 Å². The van der Waals surface area contributed by atoms with E-state index >= 15 is 0 Å². The monoisotopic (exact) mass is 406 g/mol. The van der Waals surface area contributed by atoms with Crippen LogP contribution in [0, 0.1) is 17.0 Å². The molecule has 0 aliphatic heterocycles. The number of amides is 1. The Kier molecular flexibility index (Phi) is 6.33. The summed E-state index contributed by atoms with van der Waals surface area (Å²) in [7, 11) is 0. The lowest BCUT2D eigenvalue weighted by atomic mass is 10.2. The molecule has 0 saturated carbocycles. The molecule has 0 aliphatic carbocycles. The van der Waals surface area contributed by atoms with Gasteiger partial charge in [-0.05, 0) is 42.8 Å². The number of hydrogen-bond donors (Lipinski definition) is 1. The highest BCUT2D eigenvalue weighted by atomic mass is 16.6. The van der Waals surface area contributed by atoms with Gasteiger partial charge in [-0.1, -0.05) is 18.2 Å². The molecule has 1 aromatic heterocycles. The quantitative estimate of drug-likeness (QED) is 0.279. The highest BCUT2D eigenvalue weighted by Crippen LogP contribution is 2.17. The van der Waals surface area contributed by atoms with Gasteiger partial charge in [0, 0.05) is 24.3 Å². The first kappa shape index (κ1) is 20.5. The molecule has 1 amide bonds. The van der Waals surface area contributed by atoms with E-state index in [1.807, 2.05) is 30.3 Å². The Morgan fingerprint density at radius 2 is 1.87 bits per heavy atom. The molecule has 9 nitrogen and oxygen atoms in total. The molecule has 1 N–H and O–H groups in total. The topological polar surface area (TPSA) is 116 Å². The molecule has 0 aliphatic rings. The Morgan fingerprint density at radius 1 is 1.17 bits per heavy atom. The summed E-state index contributed by atoms with van der Waals surface area (Å²) in [5, 5.41) is 17.7. The molecule has 2 aromatic carbocycles. The smallest absolute Gasteiger partial charge is 0.331 e. The fourth-order valence-corrected chi connectivity index (χ4v) is 2.59. The van der Waals surface area contributed by atoms with Crippen LogP contribution in [-0.2, 0) is 14.3 Å². The van der Waals surface area contributed by atoms with E-state index in [1.165, 1.54) is 30.3 Å². The number of carbonyl (C=O) groups excluding carboxylic acids is 2. The van der Waals surface area contributed by atoms with Crippen LogP contribution in [0.2, 0.25) is 0 Å². The lowest BCUT2D eigenvalue weighted by Gasteiger charge is -2.08. The Bertz CT molecular complexity index is 1090. The van der Waals surface area contributed by atoms with Crippen LogP contribution in [0.1, 0.15) is 11.3 Å². The minimum atomic E-state index is -0.712. The highest BCUT2D eigenvalue weighted by Gasteiger charge is 2.12. The fraction of sp³-hybridized carbons (Fsp3) is 0.0952. The van der Waals surface area contributed by atoms with E-state index in [4.69, 9.17) is 4.74 Å². The van der Waals surface area contributed by atoms with Gasteiger partial charge in [-0.2, -0.15) is 5.10 Å². The first-order chi connectivity index (χ1) is 14.4. The third-order valence-corrected chi connectivity index (χ3v) is 3.96. The second kappa shape index (κ2) is 9.28. The SMILES string of the molecule is Cc1cc(NC(=O)COC(=O)/C=C/c2ccc([N+](=O)[O-])cc2)n(-c2ccccc2)n1. The normalized spacial score (nSPS) is 10.7. The van der Waals surface area contributed by atoms with Crippen LogP contribution in [-0.4, -0.2) is 33.2 Å². The van der Waals surface area contributed by atoms with Gasteiger partial charge in [0.15, 0.2) is 6.61 Å². The maximum absolute atomic E-state index is 12.2. The standard InChI is InChI=1S/C21H18N4O5/c1-15-13-19(24(23-15)17-5-3-2-4-6-17)22-20(26)14-30-21(27)12-9-16-7-10-18(11-8-16)25(28)29/h2-13H,14H2,1H3,(H,22,26)/b12-9+. The van der Waals surface area contributed by atoms with Gasteiger partial charge >= 0.3 is 5.97 Å². The zero-order chi connectivity index (χ0) is 21.5. The number of nitrogens with one attached hydrogen (secondary N) is 1. The van der Waals surface area contributed by atoms with Gasteiger partial charge in [0.25, 0.3) is 11.6 Å². The van der Waals surface area contributed by atoms with Crippen molar-refractivity contribution in [3.8, 4) is 5.69 Å². The zero-order valence-electron chi connectivity index (χ0n) is 16.0. The fourth-order valence-electron chi connectivity index (χ4n) is 2.59. The number of non-ortho nitro benzene ring substituents is 1. The van der Waals surface area contributed by atoms with E-state index in [0.717, 1.165) is 17.5 Å². The number of anilines is 1. The summed E-state index contributed by atoms with van der Waals surface area (Å²) in [5.41, 5.74) is 2.04. The van der Waals surface area contributed by atoms with Gasteiger partial charge in [0.2, 0.25) is 0 Å². The van der Waals surface area contributed by atoms with Crippen LogP contribution in [0.4, 0.5) is 11.5 Å². The maximum Gasteiger partial charge on any atom is 0.331 e. The maximum atomic E-state index is 12.2. The van der Waals surface area contributed by atoms with Crippen molar-refractivity contribution in [2.75, 3.05) is 11.9 Å². The predicted molar refractivity (Wildman–Crippen MR) is 110 cm³/mol. The second-order valence-electron chi connectivity index (χ2n) is 6.26. The molecule has 0 spiro atoms. The minimum absolute atomic E-state index is 0.0450. The number of carbonyl (C=O) groups is 2. The molecule has 152 valence electrons. The van der Waals surface area contributed by atoms with Gasteiger partial charge in [-0.3, -0.25) is 14.9 Å². The van der Waals surface area contributed by atoms with Crippen molar-refractivity contribution in [1.82, 2.24) is 9.78 Å². The molecule has 0 atom stereocenters.